The molecule has 11 aliphatic rings. The molecule has 3 nitrogen and oxygen atoms in total. The molecule has 0 aromatic rings. The van der Waals surface area contributed by atoms with Crippen molar-refractivity contribution in [2.24, 2.45) is 59.2 Å². The van der Waals surface area contributed by atoms with E-state index in [-0.39, 0.29) is 0 Å². The quantitative estimate of drug-likeness (QED) is 0.291. The highest BCUT2D eigenvalue weighted by Crippen LogP contribution is 2.59. The largest absolute Gasteiger partial charge is 0.374 e. The topological polar surface area (TPSA) is 15.7 Å². The van der Waals surface area contributed by atoms with E-state index in [2.05, 4.69) is 9.80 Å². The Balaban J connectivity index is 0.779. The molecule has 51 heavy (non-hydrogen) atoms. The maximum absolute atomic E-state index is 6.79. The number of hydrogen-bond donors (Lipinski definition) is 0. The van der Waals surface area contributed by atoms with E-state index >= 15 is 0 Å². The molecule has 0 N–H and O–H groups in total. The van der Waals surface area contributed by atoms with E-state index in [0.29, 0.717) is 12.2 Å². The maximum Gasteiger partial charge on any atom is 0.0612 e. The summed E-state index contributed by atoms with van der Waals surface area (Å²) in [7, 11) is 0. The summed E-state index contributed by atoms with van der Waals surface area (Å²) in [6.07, 6.45) is 47.2. The molecule has 11 rings (SSSR count). The predicted octanol–water partition coefficient (Wildman–Crippen LogP) is 11.6. The van der Waals surface area contributed by atoms with Crippen LogP contribution >= 0.6 is 0 Å². The van der Waals surface area contributed by atoms with E-state index in [1.165, 1.54) is 89.9 Å². The smallest absolute Gasteiger partial charge is 0.0612 e. The molecule has 3 heteroatoms. The molecule has 0 bridgehead atoms. The van der Waals surface area contributed by atoms with E-state index in [1.807, 2.05) is 0 Å². The second-order valence-corrected chi connectivity index (χ2v) is 21.8. The van der Waals surface area contributed by atoms with Crippen LogP contribution < -0.4 is 0 Å². The van der Waals surface area contributed by atoms with Gasteiger partial charge in [0.05, 0.1) is 12.2 Å². The molecule has 17 atom stereocenters. The van der Waals surface area contributed by atoms with Crippen molar-refractivity contribution in [3.05, 3.63) is 0 Å². The Kier molecular flexibility index (Phi) is 9.66. The number of ether oxygens (including phenoxy) is 1. The first-order chi connectivity index (χ1) is 25.3. The van der Waals surface area contributed by atoms with Gasteiger partial charge in [-0.2, -0.15) is 0 Å². The van der Waals surface area contributed by atoms with Gasteiger partial charge in [0.2, 0.25) is 0 Å². The number of fused-ring (bicyclic) bond motifs is 9. The lowest BCUT2D eigenvalue weighted by Gasteiger charge is -2.48. The van der Waals surface area contributed by atoms with Crippen LogP contribution in [0.2, 0.25) is 0 Å². The third-order valence-electron chi connectivity index (χ3n) is 20.0. The van der Waals surface area contributed by atoms with E-state index in [0.717, 1.165) is 95.4 Å². The van der Waals surface area contributed by atoms with E-state index in [4.69, 9.17) is 4.74 Å². The number of likely N-dealkylation sites (tertiary alicyclic amines) is 2. The third kappa shape index (κ3) is 6.01. The van der Waals surface area contributed by atoms with Gasteiger partial charge in [0.15, 0.2) is 0 Å². The highest BCUT2D eigenvalue weighted by Gasteiger charge is 2.58. The van der Waals surface area contributed by atoms with Crippen LogP contribution in [0.25, 0.3) is 0 Å². The standard InChI is InChI=1S/C48H78N2O/c1-2-11-31(12-3-1)32-13-10-14-35(27-32)49-43-18-7-4-15-37(43)40-28-33(21-24-45(40)49)34-22-25-46-41(29-34)38-16-5-8-19-44(38)50(46)36-23-26-48-42(30-36)39-17-6-9-20-47(39)51-48/h31-48H,1-30H2. The fraction of sp³-hybridized carbons (Fsp3) is 1.00. The van der Waals surface area contributed by atoms with Crippen molar-refractivity contribution in [1.82, 2.24) is 9.80 Å². The molecule has 3 aliphatic heterocycles. The second-order valence-electron chi connectivity index (χ2n) is 21.8. The van der Waals surface area contributed by atoms with Crippen molar-refractivity contribution in [2.75, 3.05) is 0 Å². The van der Waals surface area contributed by atoms with Crippen LogP contribution in [0.4, 0.5) is 0 Å². The SMILES string of the molecule is C1CCC(C2CCCC(N3C4CCCCC4C4CC(C5CCC6C(C5)C5CCCCC5N6C5CCC6OC7CCCCC7C6C5)CCC43)C2)CC1. The first-order valence-electron chi connectivity index (χ1n) is 24.5. The van der Waals surface area contributed by atoms with Gasteiger partial charge in [-0.25, -0.2) is 0 Å². The summed E-state index contributed by atoms with van der Waals surface area (Å²) >= 11 is 0. The van der Waals surface area contributed by atoms with Crippen LogP contribution in [-0.2, 0) is 4.74 Å². The summed E-state index contributed by atoms with van der Waals surface area (Å²) in [6, 6.07) is 5.63. The van der Waals surface area contributed by atoms with Gasteiger partial charge in [-0.15, -0.1) is 0 Å². The fourth-order valence-electron chi connectivity index (χ4n) is 18.1. The van der Waals surface area contributed by atoms with Crippen LogP contribution in [0.15, 0.2) is 0 Å². The molecule has 8 saturated carbocycles. The Morgan fingerprint density at radius 2 is 0.784 bits per heavy atom. The van der Waals surface area contributed by atoms with Gasteiger partial charge in [-0.05, 0) is 168 Å². The lowest BCUT2D eigenvalue weighted by Crippen LogP contribution is -2.51. The second kappa shape index (κ2) is 14.4. The molecule has 0 amide bonds. The molecule has 0 aromatic heterocycles. The minimum atomic E-state index is 0.618. The molecule has 0 aromatic carbocycles. The Bertz CT molecular complexity index is 1200. The zero-order valence-electron chi connectivity index (χ0n) is 32.9. The predicted molar refractivity (Wildman–Crippen MR) is 208 cm³/mol. The molecule has 0 radical (unpaired) electrons. The van der Waals surface area contributed by atoms with Gasteiger partial charge < -0.3 is 4.74 Å². The van der Waals surface area contributed by atoms with Gasteiger partial charge >= 0.3 is 0 Å². The normalized spacial score (nSPS) is 53.8. The van der Waals surface area contributed by atoms with Crippen molar-refractivity contribution >= 4 is 0 Å². The summed E-state index contributed by atoms with van der Waals surface area (Å²) in [5.41, 5.74) is 0. The maximum atomic E-state index is 6.79. The van der Waals surface area contributed by atoms with Crippen LogP contribution in [0.1, 0.15) is 193 Å². The average molecular weight is 699 g/mol. The summed E-state index contributed by atoms with van der Waals surface area (Å²) in [5, 5.41) is 0. The summed E-state index contributed by atoms with van der Waals surface area (Å²) in [6.45, 7) is 0. The summed E-state index contributed by atoms with van der Waals surface area (Å²) in [4.78, 5) is 6.66. The van der Waals surface area contributed by atoms with Crippen molar-refractivity contribution in [2.45, 2.75) is 241 Å². The molecule has 3 heterocycles. The van der Waals surface area contributed by atoms with Crippen molar-refractivity contribution in [1.29, 1.82) is 0 Å². The van der Waals surface area contributed by atoms with Crippen LogP contribution in [-0.4, -0.2) is 58.3 Å². The first kappa shape index (κ1) is 34.2. The summed E-state index contributed by atoms with van der Waals surface area (Å²) < 4.78 is 6.79. The van der Waals surface area contributed by atoms with Crippen LogP contribution in [0.3, 0.4) is 0 Å². The highest BCUT2D eigenvalue weighted by molar-refractivity contribution is 5.11. The van der Waals surface area contributed by atoms with Gasteiger partial charge in [0.1, 0.15) is 0 Å². The third-order valence-corrected chi connectivity index (χ3v) is 20.0. The average Bonchev–Trinajstić information content (AvgIpc) is 3.85. The molecular formula is C48H78N2O. The lowest BCUT2D eigenvalue weighted by atomic mass is 9.62. The Morgan fingerprint density at radius 3 is 1.47 bits per heavy atom. The monoisotopic (exact) mass is 699 g/mol. The van der Waals surface area contributed by atoms with Gasteiger partial charge in [0, 0.05) is 36.3 Å². The molecule has 0 spiro atoms. The minimum Gasteiger partial charge on any atom is -0.374 e. The molecular weight excluding hydrogens is 621 g/mol. The van der Waals surface area contributed by atoms with Crippen molar-refractivity contribution in [3.8, 4) is 0 Å². The van der Waals surface area contributed by atoms with Crippen molar-refractivity contribution < 1.29 is 4.74 Å². The van der Waals surface area contributed by atoms with E-state index in [9.17, 15) is 0 Å². The summed E-state index contributed by atoms with van der Waals surface area (Å²) in [5.74, 6) is 10.2. The van der Waals surface area contributed by atoms with E-state index in [1.54, 1.807) is 103 Å². The van der Waals surface area contributed by atoms with E-state index < -0.39 is 0 Å². The number of rotatable bonds is 4. The molecule has 8 aliphatic carbocycles. The van der Waals surface area contributed by atoms with Crippen LogP contribution in [0.5, 0.6) is 0 Å². The fourth-order valence-corrected chi connectivity index (χ4v) is 18.1. The Morgan fingerprint density at radius 1 is 0.275 bits per heavy atom. The Hall–Kier alpha value is -0.120. The van der Waals surface area contributed by atoms with Crippen LogP contribution in [0, 0.1) is 59.2 Å². The number of nitrogens with zero attached hydrogens (tertiary/aromatic N) is 2. The zero-order chi connectivity index (χ0) is 33.5. The molecule has 17 unspecified atom stereocenters. The zero-order valence-corrected chi connectivity index (χ0v) is 32.9. The van der Waals surface area contributed by atoms with Gasteiger partial charge in [-0.3, -0.25) is 9.80 Å². The molecule has 11 fully saturated rings. The minimum absolute atomic E-state index is 0.618. The van der Waals surface area contributed by atoms with Gasteiger partial charge in [-0.1, -0.05) is 83.5 Å². The number of hydrogen-bond acceptors (Lipinski definition) is 3. The molecule has 286 valence electrons. The first-order valence-corrected chi connectivity index (χ1v) is 24.5. The van der Waals surface area contributed by atoms with Crippen molar-refractivity contribution in [3.63, 3.8) is 0 Å². The highest BCUT2D eigenvalue weighted by atomic mass is 16.5. The van der Waals surface area contributed by atoms with Gasteiger partial charge in [0.25, 0.3) is 0 Å². The molecule has 3 saturated heterocycles. The Labute approximate surface area is 313 Å². The lowest BCUT2D eigenvalue weighted by molar-refractivity contribution is -0.0190.